The van der Waals surface area contributed by atoms with Crippen molar-refractivity contribution in [1.82, 2.24) is 0 Å². The van der Waals surface area contributed by atoms with E-state index in [1.807, 2.05) is 0 Å². The normalized spacial score (nSPS) is 43.9. The first-order valence-corrected chi connectivity index (χ1v) is 12.5. The molecule has 0 aromatic carbocycles. The van der Waals surface area contributed by atoms with E-state index in [4.69, 9.17) is 0 Å². The van der Waals surface area contributed by atoms with Crippen molar-refractivity contribution >= 4 is 5.78 Å². The van der Waals surface area contributed by atoms with Gasteiger partial charge in [-0.25, -0.2) is 0 Å². The average Bonchev–Trinajstić information content (AvgIpc) is 2.99. The molecule has 4 aliphatic carbocycles. The van der Waals surface area contributed by atoms with Crippen molar-refractivity contribution in [2.75, 3.05) is 0 Å². The fourth-order valence-corrected chi connectivity index (χ4v) is 8.50. The van der Waals surface area contributed by atoms with Crippen molar-refractivity contribution in [3.05, 3.63) is 11.6 Å². The van der Waals surface area contributed by atoms with Gasteiger partial charge < -0.3 is 0 Å². The predicted molar refractivity (Wildman–Crippen MR) is 118 cm³/mol. The van der Waals surface area contributed by atoms with Crippen LogP contribution in [0.25, 0.3) is 0 Å². The number of fused-ring (bicyclic) bond motifs is 5. The maximum Gasteiger partial charge on any atom is 0.136 e. The second kappa shape index (κ2) is 7.59. The Hall–Kier alpha value is -0.590. The van der Waals surface area contributed by atoms with Gasteiger partial charge in [0.15, 0.2) is 0 Å². The van der Waals surface area contributed by atoms with Crippen molar-refractivity contribution in [2.24, 2.45) is 46.3 Å². The zero-order chi connectivity index (χ0) is 20.1. The summed E-state index contributed by atoms with van der Waals surface area (Å²) in [5, 5.41) is 0. The summed E-state index contributed by atoms with van der Waals surface area (Å²) in [5.74, 6) is 5.82. The van der Waals surface area contributed by atoms with E-state index >= 15 is 0 Å². The fraction of sp³-hybridized carbons (Fsp3) is 0.889. The lowest BCUT2D eigenvalue weighted by Gasteiger charge is -2.58. The van der Waals surface area contributed by atoms with E-state index in [1.54, 1.807) is 0 Å². The van der Waals surface area contributed by atoms with Crippen LogP contribution in [0.2, 0.25) is 0 Å². The van der Waals surface area contributed by atoms with E-state index in [-0.39, 0.29) is 0 Å². The van der Waals surface area contributed by atoms with Crippen molar-refractivity contribution < 1.29 is 4.79 Å². The molecule has 0 amide bonds. The molecule has 0 spiro atoms. The number of allylic oxidation sites excluding steroid dienone is 2. The topological polar surface area (TPSA) is 17.1 Å². The monoisotopic (exact) mass is 384 g/mol. The molecular weight excluding hydrogens is 340 g/mol. The summed E-state index contributed by atoms with van der Waals surface area (Å²) >= 11 is 0. The maximum absolute atomic E-state index is 12.1. The van der Waals surface area contributed by atoms with Crippen LogP contribution in [0.3, 0.4) is 0 Å². The van der Waals surface area contributed by atoms with Crippen LogP contribution in [-0.2, 0) is 4.79 Å². The molecule has 0 saturated heterocycles. The predicted octanol–water partition coefficient (Wildman–Crippen LogP) is 7.60. The zero-order valence-corrected chi connectivity index (χ0v) is 19.2. The van der Waals surface area contributed by atoms with Gasteiger partial charge >= 0.3 is 0 Å². The van der Waals surface area contributed by atoms with Gasteiger partial charge in [-0.15, -0.1) is 0 Å². The summed E-state index contributed by atoms with van der Waals surface area (Å²) in [4.78, 5) is 12.1. The third kappa shape index (κ3) is 3.33. The van der Waals surface area contributed by atoms with E-state index < -0.39 is 0 Å². The number of Topliss-reactive ketones (excluding diaryl/α,β-unsaturated/α-hetero) is 1. The highest BCUT2D eigenvalue weighted by atomic mass is 16.1. The summed E-state index contributed by atoms with van der Waals surface area (Å²) in [6, 6.07) is 0. The van der Waals surface area contributed by atoms with Gasteiger partial charge in [0.25, 0.3) is 0 Å². The summed E-state index contributed by atoms with van der Waals surface area (Å²) in [5.41, 5.74) is 2.43. The van der Waals surface area contributed by atoms with Crippen LogP contribution in [-0.4, -0.2) is 5.78 Å². The lowest BCUT2D eigenvalue weighted by molar-refractivity contribution is -0.122. The summed E-state index contributed by atoms with van der Waals surface area (Å²) in [6.07, 6.45) is 16.5. The highest BCUT2D eigenvalue weighted by molar-refractivity contribution is 5.82. The van der Waals surface area contributed by atoms with Crippen molar-refractivity contribution in [2.45, 2.75) is 105 Å². The summed E-state index contributed by atoms with van der Waals surface area (Å²) in [7, 11) is 0. The lowest BCUT2D eigenvalue weighted by atomic mass is 9.47. The Morgan fingerprint density at radius 3 is 2.57 bits per heavy atom. The molecule has 0 aromatic rings. The Kier molecular flexibility index (Phi) is 5.60. The molecule has 4 aliphatic rings. The van der Waals surface area contributed by atoms with Crippen LogP contribution in [0.4, 0.5) is 0 Å². The molecule has 158 valence electrons. The van der Waals surface area contributed by atoms with Crippen LogP contribution in [0, 0.1) is 46.3 Å². The van der Waals surface area contributed by atoms with Crippen LogP contribution in [0.5, 0.6) is 0 Å². The van der Waals surface area contributed by atoms with Gasteiger partial charge in [0, 0.05) is 12.8 Å². The highest BCUT2D eigenvalue weighted by Gasteiger charge is 2.59. The fourth-order valence-electron chi connectivity index (χ4n) is 8.50. The van der Waals surface area contributed by atoms with Crippen LogP contribution in [0.15, 0.2) is 11.6 Å². The Morgan fingerprint density at radius 2 is 1.82 bits per heavy atom. The molecule has 0 bridgehead atoms. The molecule has 3 saturated carbocycles. The Morgan fingerprint density at radius 1 is 1.04 bits per heavy atom. The smallest absolute Gasteiger partial charge is 0.136 e. The molecule has 1 heteroatoms. The molecule has 4 rings (SSSR count). The minimum Gasteiger partial charge on any atom is -0.299 e. The van der Waals surface area contributed by atoms with Gasteiger partial charge in [-0.3, -0.25) is 4.79 Å². The molecule has 0 heterocycles. The van der Waals surface area contributed by atoms with E-state index in [2.05, 4.69) is 40.7 Å². The van der Waals surface area contributed by atoms with E-state index in [1.165, 1.54) is 56.9 Å². The van der Waals surface area contributed by atoms with Crippen molar-refractivity contribution in [3.8, 4) is 0 Å². The largest absolute Gasteiger partial charge is 0.299 e. The standard InChI is InChI=1S/C27H44O/c1-18(2)7-6-8-19(3)23-11-12-24-22-10-9-20-17-21(28)13-15-26(20,4)25(22)14-16-27(23,24)5/h9,18-19,22-25H,6-8,10-17H2,1-5H3/t19-,22+,23-,24-,25+,26+,27-/m1/s1. The second-order valence-corrected chi connectivity index (χ2v) is 12.0. The molecule has 28 heavy (non-hydrogen) atoms. The average molecular weight is 385 g/mol. The van der Waals surface area contributed by atoms with Crippen molar-refractivity contribution in [1.29, 1.82) is 0 Å². The van der Waals surface area contributed by atoms with Gasteiger partial charge in [0.05, 0.1) is 0 Å². The first-order chi connectivity index (χ1) is 13.3. The molecule has 0 unspecified atom stereocenters. The minimum atomic E-state index is 0.332. The highest BCUT2D eigenvalue weighted by Crippen LogP contribution is 2.67. The quantitative estimate of drug-likeness (QED) is 0.446. The maximum atomic E-state index is 12.1. The first kappa shape index (κ1) is 20.7. The van der Waals surface area contributed by atoms with Gasteiger partial charge in [-0.2, -0.15) is 0 Å². The molecule has 0 aromatic heterocycles. The number of rotatable bonds is 5. The molecule has 0 aliphatic heterocycles. The number of carbonyl (C=O) groups is 1. The van der Waals surface area contributed by atoms with Crippen LogP contribution in [0.1, 0.15) is 105 Å². The number of ketones is 1. The van der Waals surface area contributed by atoms with Gasteiger partial charge in [-0.05, 0) is 84.9 Å². The van der Waals surface area contributed by atoms with Crippen LogP contribution < -0.4 is 0 Å². The van der Waals surface area contributed by atoms with E-state index in [9.17, 15) is 4.79 Å². The molecule has 3 fully saturated rings. The summed E-state index contributed by atoms with van der Waals surface area (Å²) in [6.45, 7) is 12.5. The van der Waals surface area contributed by atoms with E-state index in [0.717, 1.165) is 54.8 Å². The second-order valence-electron chi connectivity index (χ2n) is 12.0. The zero-order valence-electron chi connectivity index (χ0n) is 19.2. The summed E-state index contributed by atoms with van der Waals surface area (Å²) < 4.78 is 0. The minimum absolute atomic E-state index is 0.332. The molecule has 0 N–H and O–H groups in total. The first-order valence-electron chi connectivity index (χ1n) is 12.5. The third-order valence-corrected chi connectivity index (χ3v) is 10.1. The number of hydrogen-bond donors (Lipinski definition) is 0. The molecule has 0 radical (unpaired) electrons. The van der Waals surface area contributed by atoms with Gasteiger partial charge in [-0.1, -0.05) is 65.5 Å². The van der Waals surface area contributed by atoms with E-state index in [0.29, 0.717) is 16.6 Å². The van der Waals surface area contributed by atoms with Gasteiger partial charge in [0.1, 0.15) is 5.78 Å². The van der Waals surface area contributed by atoms with Crippen LogP contribution >= 0.6 is 0 Å². The Labute approximate surface area is 174 Å². The molecule has 7 atom stereocenters. The number of hydrogen-bond acceptors (Lipinski definition) is 1. The Bertz CT molecular complexity index is 630. The Balaban J connectivity index is 1.50. The molecular formula is C27H44O. The van der Waals surface area contributed by atoms with Gasteiger partial charge in [0.2, 0.25) is 0 Å². The molecule has 1 nitrogen and oxygen atoms in total. The SMILES string of the molecule is CC(C)CCC[C@@H](C)[C@H]1CC[C@@H]2[C@@H]3CC=C4CC(=O)CC[C@]4(C)[C@H]3CC[C@@]21C. The van der Waals surface area contributed by atoms with Crippen molar-refractivity contribution in [3.63, 3.8) is 0 Å². The third-order valence-electron chi connectivity index (χ3n) is 10.1. The lowest BCUT2D eigenvalue weighted by Crippen LogP contribution is -2.50. The number of carbonyl (C=O) groups excluding carboxylic acids is 1.